The van der Waals surface area contributed by atoms with Gasteiger partial charge in [-0.15, -0.1) is 0 Å². The lowest BCUT2D eigenvalue weighted by Crippen LogP contribution is -2.50. The Balaban J connectivity index is 2.01. The van der Waals surface area contributed by atoms with Gasteiger partial charge in [0.15, 0.2) is 0 Å². The fourth-order valence-corrected chi connectivity index (χ4v) is 3.14. The summed E-state index contributed by atoms with van der Waals surface area (Å²) in [6, 6.07) is 8.19. The molecule has 1 aliphatic heterocycles. The minimum absolute atomic E-state index is 0.161. The van der Waals surface area contributed by atoms with Crippen molar-refractivity contribution in [2.45, 2.75) is 46.6 Å². The Kier molecular flexibility index (Phi) is 6.31. The van der Waals surface area contributed by atoms with Crippen LogP contribution < -0.4 is 9.64 Å². The van der Waals surface area contributed by atoms with Gasteiger partial charge in [0, 0.05) is 32.1 Å². The van der Waals surface area contributed by atoms with Crippen LogP contribution >= 0.6 is 0 Å². The van der Waals surface area contributed by atoms with Crippen molar-refractivity contribution in [3.05, 3.63) is 24.3 Å². The van der Waals surface area contributed by atoms with Crippen molar-refractivity contribution in [3.63, 3.8) is 0 Å². The number of para-hydroxylation sites is 2. The lowest BCUT2D eigenvalue weighted by molar-refractivity contribution is -0.136. The van der Waals surface area contributed by atoms with E-state index in [-0.39, 0.29) is 12.0 Å². The molecular formula is C19H30N2O2. The summed E-state index contributed by atoms with van der Waals surface area (Å²) in [6.07, 6.45) is 2.02. The number of anilines is 1. The molecule has 1 aromatic rings. The molecule has 1 saturated heterocycles. The number of amides is 1. The average molecular weight is 318 g/mol. The summed E-state index contributed by atoms with van der Waals surface area (Å²) < 4.78 is 5.92. The van der Waals surface area contributed by atoms with Crippen molar-refractivity contribution in [2.24, 2.45) is 5.92 Å². The van der Waals surface area contributed by atoms with Gasteiger partial charge in [0.2, 0.25) is 5.91 Å². The predicted octanol–water partition coefficient (Wildman–Crippen LogP) is 3.56. The maximum absolute atomic E-state index is 12.5. The molecule has 0 atom stereocenters. The average Bonchev–Trinajstić information content (AvgIpc) is 2.56. The Morgan fingerprint density at radius 3 is 2.26 bits per heavy atom. The van der Waals surface area contributed by atoms with Crippen LogP contribution in [-0.2, 0) is 4.79 Å². The molecule has 23 heavy (non-hydrogen) atoms. The Labute approximate surface area is 140 Å². The molecule has 1 aliphatic rings. The lowest BCUT2D eigenvalue weighted by atomic mass is 10.0. The largest absolute Gasteiger partial charge is 0.489 e. The Morgan fingerprint density at radius 2 is 1.70 bits per heavy atom. The minimum Gasteiger partial charge on any atom is -0.489 e. The van der Waals surface area contributed by atoms with E-state index in [2.05, 4.69) is 24.8 Å². The van der Waals surface area contributed by atoms with Gasteiger partial charge in [-0.2, -0.15) is 0 Å². The first kappa shape index (κ1) is 17.6. The minimum atomic E-state index is 0.161. The third-order valence-electron chi connectivity index (χ3n) is 4.49. The van der Waals surface area contributed by atoms with Crippen LogP contribution in [-0.4, -0.2) is 43.1 Å². The lowest BCUT2D eigenvalue weighted by Gasteiger charge is -2.38. The van der Waals surface area contributed by atoms with Crippen LogP contribution in [0.15, 0.2) is 24.3 Å². The first-order valence-electron chi connectivity index (χ1n) is 8.86. The van der Waals surface area contributed by atoms with Gasteiger partial charge in [-0.1, -0.05) is 26.0 Å². The molecule has 1 aromatic carbocycles. The molecule has 0 aliphatic carbocycles. The van der Waals surface area contributed by atoms with Crippen molar-refractivity contribution in [2.75, 3.05) is 31.1 Å². The third-order valence-corrected chi connectivity index (χ3v) is 4.49. The zero-order valence-electron chi connectivity index (χ0n) is 14.9. The highest BCUT2D eigenvalue weighted by Crippen LogP contribution is 2.30. The summed E-state index contributed by atoms with van der Waals surface area (Å²) in [5.41, 5.74) is 1.14. The molecule has 0 spiro atoms. The molecule has 0 bridgehead atoms. The Bertz CT molecular complexity index is 504. The van der Waals surface area contributed by atoms with Crippen molar-refractivity contribution in [3.8, 4) is 5.75 Å². The molecule has 4 heteroatoms. The second kappa shape index (κ2) is 8.23. The van der Waals surface area contributed by atoms with Gasteiger partial charge in [-0.25, -0.2) is 0 Å². The molecule has 0 radical (unpaired) electrons. The summed E-state index contributed by atoms with van der Waals surface area (Å²) in [5.74, 6) is 1.43. The topological polar surface area (TPSA) is 32.8 Å². The normalized spacial score (nSPS) is 15.4. The molecule has 0 N–H and O–H groups in total. The van der Waals surface area contributed by atoms with Crippen LogP contribution in [0.2, 0.25) is 0 Å². The number of carbonyl (C=O) groups is 1. The van der Waals surface area contributed by atoms with Crippen molar-refractivity contribution < 1.29 is 9.53 Å². The van der Waals surface area contributed by atoms with Gasteiger partial charge >= 0.3 is 0 Å². The first-order valence-corrected chi connectivity index (χ1v) is 8.86. The van der Waals surface area contributed by atoms with E-state index in [1.165, 1.54) is 0 Å². The van der Waals surface area contributed by atoms with Crippen molar-refractivity contribution in [1.29, 1.82) is 0 Å². The summed E-state index contributed by atoms with van der Waals surface area (Å²) in [4.78, 5) is 16.9. The molecular weight excluding hydrogens is 288 g/mol. The van der Waals surface area contributed by atoms with E-state index in [1.54, 1.807) is 0 Å². The van der Waals surface area contributed by atoms with Crippen LogP contribution in [0.3, 0.4) is 0 Å². The summed E-state index contributed by atoms with van der Waals surface area (Å²) in [6.45, 7) is 11.6. The summed E-state index contributed by atoms with van der Waals surface area (Å²) in [5, 5.41) is 0. The van der Waals surface area contributed by atoms with E-state index >= 15 is 0 Å². The summed E-state index contributed by atoms with van der Waals surface area (Å²) in [7, 11) is 0. The van der Waals surface area contributed by atoms with Crippen LogP contribution in [0.4, 0.5) is 5.69 Å². The molecule has 1 fully saturated rings. The maximum atomic E-state index is 12.5. The van der Waals surface area contributed by atoms with Gasteiger partial charge in [-0.3, -0.25) is 4.79 Å². The van der Waals surface area contributed by atoms with Crippen molar-refractivity contribution >= 4 is 11.6 Å². The molecule has 1 amide bonds. The number of nitrogens with zero attached hydrogens (tertiary/aromatic N) is 2. The number of benzene rings is 1. The van der Waals surface area contributed by atoms with Crippen LogP contribution in [0.25, 0.3) is 0 Å². The molecule has 0 saturated carbocycles. The molecule has 4 nitrogen and oxygen atoms in total. The van der Waals surface area contributed by atoms with Crippen LogP contribution in [0.5, 0.6) is 5.75 Å². The second-order valence-corrected chi connectivity index (χ2v) is 6.46. The predicted molar refractivity (Wildman–Crippen MR) is 95.1 cm³/mol. The van der Waals surface area contributed by atoms with Crippen LogP contribution in [0.1, 0.15) is 40.5 Å². The van der Waals surface area contributed by atoms with Crippen molar-refractivity contribution in [1.82, 2.24) is 4.90 Å². The Morgan fingerprint density at radius 1 is 1.09 bits per heavy atom. The van der Waals surface area contributed by atoms with E-state index in [1.807, 2.05) is 36.9 Å². The highest BCUT2D eigenvalue weighted by Gasteiger charge is 2.26. The molecule has 128 valence electrons. The quantitative estimate of drug-likeness (QED) is 0.804. The number of hydrogen-bond donors (Lipinski definition) is 0. The number of ether oxygens (including phenoxy) is 1. The van der Waals surface area contributed by atoms with E-state index < -0.39 is 0 Å². The smallest absolute Gasteiger partial charge is 0.225 e. The number of carbonyl (C=O) groups excluding carboxylic acids is 1. The monoisotopic (exact) mass is 318 g/mol. The Hall–Kier alpha value is -1.71. The zero-order chi connectivity index (χ0) is 16.8. The van der Waals surface area contributed by atoms with E-state index in [9.17, 15) is 4.79 Å². The molecule has 0 aromatic heterocycles. The number of hydrogen-bond acceptors (Lipinski definition) is 3. The number of piperazine rings is 1. The van der Waals surface area contributed by atoms with Gasteiger partial charge in [-0.05, 0) is 38.8 Å². The van der Waals surface area contributed by atoms with Gasteiger partial charge in [0.1, 0.15) is 5.75 Å². The fraction of sp³-hybridized carbons (Fsp3) is 0.632. The molecule has 1 heterocycles. The highest BCUT2D eigenvalue weighted by molar-refractivity contribution is 5.79. The second-order valence-electron chi connectivity index (χ2n) is 6.46. The first-order chi connectivity index (χ1) is 11.1. The maximum Gasteiger partial charge on any atom is 0.225 e. The zero-order valence-corrected chi connectivity index (χ0v) is 14.9. The van der Waals surface area contributed by atoms with Gasteiger partial charge in [0.25, 0.3) is 0 Å². The van der Waals surface area contributed by atoms with E-state index in [0.29, 0.717) is 5.91 Å². The number of rotatable bonds is 6. The SMILES string of the molecule is CCC(CC)C(=O)N1CCN(c2ccccc2OC(C)C)CC1. The van der Waals surface area contributed by atoms with Gasteiger partial charge < -0.3 is 14.5 Å². The standard InChI is InChI=1S/C19H30N2O2/c1-5-16(6-2)19(22)21-13-11-20(12-14-21)17-9-7-8-10-18(17)23-15(3)4/h7-10,15-16H,5-6,11-14H2,1-4H3. The van der Waals surface area contributed by atoms with Crippen LogP contribution in [0, 0.1) is 5.92 Å². The summed E-state index contributed by atoms with van der Waals surface area (Å²) >= 11 is 0. The molecule has 2 rings (SSSR count). The van der Waals surface area contributed by atoms with E-state index in [0.717, 1.165) is 50.5 Å². The highest BCUT2D eigenvalue weighted by atomic mass is 16.5. The fourth-order valence-electron chi connectivity index (χ4n) is 3.14. The van der Waals surface area contributed by atoms with E-state index in [4.69, 9.17) is 4.74 Å². The molecule has 0 unspecified atom stereocenters. The third kappa shape index (κ3) is 4.40. The van der Waals surface area contributed by atoms with Gasteiger partial charge in [0.05, 0.1) is 11.8 Å².